The van der Waals surface area contributed by atoms with E-state index in [2.05, 4.69) is 10.3 Å². The van der Waals surface area contributed by atoms with Crippen LogP contribution in [0.15, 0.2) is 36.7 Å². The molecular weight excluding hydrogens is 188 g/mol. The molecule has 2 rings (SSSR count). The van der Waals surface area contributed by atoms with E-state index >= 15 is 0 Å². The summed E-state index contributed by atoms with van der Waals surface area (Å²) in [6, 6.07) is 7.61. The molecule has 0 saturated heterocycles. The molecule has 1 heterocycles. The number of phenols is 1. The fourth-order valence-corrected chi connectivity index (χ4v) is 1.39. The van der Waals surface area contributed by atoms with Gasteiger partial charge < -0.3 is 15.4 Å². The standard InChI is InChI=1S/C12H14N2O/c1-9-2-3-11(6-12(9)15)14-8-10-4-5-13-7-10/h2-7,13-15H,8H2,1H3. The van der Waals surface area contributed by atoms with Crippen LogP contribution in [0.25, 0.3) is 0 Å². The molecule has 3 N–H and O–H groups in total. The van der Waals surface area contributed by atoms with Crippen LogP contribution in [0.3, 0.4) is 0 Å². The lowest BCUT2D eigenvalue weighted by Crippen LogP contribution is -1.97. The number of anilines is 1. The van der Waals surface area contributed by atoms with Gasteiger partial charge in [0.25, 0.3) is 0 Å². The highest BCUT2D eigenvalue weighted by Crippen LogP contribution is 2.21. The predicted octanol–water partition coefficient (Wildman–Crippen LogP) is 2.64. The molecule has 0 spiro atoms. The number of hydrogen-bond acceptors (Lipinski definition) is 2. The number of aryl methyl sites for hydroxylation is 1. The summed E-state index contributed by atoms with van der Waals surface area (Å²) >= 11 is 0. The Labute approximate surface area is 88.8 Å². The molecule has 1 aromatic carbocycles. The van der Waals surface area contributed by atoms with Gasteiger partial charge in [-0.2, -0.15) is 0 Å². The third-order valence-electron chi connectivity index (χ3n) is 2.37. The zero-order chi connectivity index (χ0) is 10.7. The molecule has 78 valence electrons. The van der Waals surface area contributed by atoms with Crippen LogP contribution in [-0.4, -0.2) is 10.1 Å². The van der Waals surface area contributed by atoms with E-state index in [0.29, 0.717) is 5.75 Å². The molecule has 0 fully saturated rings. The van der Waals surface area contributed by atoms with Gasteiger partial charge in [-0.1, -0.05) is 6.07 Å². The normalized spacial score (nSPS) is 10.2. The van der Waals surface area contributed by atoms with Gasteiger partial charge >= 0.3 is 0 Å². The summed E-state index contributed by atoms with van der Waals surface area (Å²) < 4.78 is 0. The molecule has 15 heavy (non-hydrogen) atoms. The van der Waals surface area contributed by atoms with Crippen LogP contribution in [0.1, 0.15) is 11.1 Å². The van der Waals surface area contributed by atoms with Crippen LogP contribution in [-0.2, 0) is 6.54 Å². The highest BCUT2D eigenvalue weighted by atomic mass is 16.3. The largest absolute Gasteiger partial charge is 0.508 e. The summed E-state index contributed by atoms with van der Waals surface area (Å²) in [5, 5.41) is 12.7. The maximum atomic E-state index is 9.51. The van der Waals surface area contributed by atoms with Crippen LogP contribution in [0.2, 0.25) is 0 Å². The van der Waals surface area contributed by atoms with Crippen LogP contribution < -0.4 is 5.32 Å². The van der Waals surface area contributed by atoms with Crippen molar-refractivity contribution in [2.75, 3.05) is 5.32 Å². The Hall–Kier alpha value is -1.90. The minimum Gasteiger partial charge on any atom is -0.508 e. The van der Waals surface area contributed by atoms with Crippen molar-refractivity contribution in [1.29, 1.82) is 0 Å². The predicted molar refractivity (Wildman–Crippen MR) is 61.0 cm³/mol. The van der Waals surface area contributed by atoms with Crippen molar-refractivity contribution in [3.05, 3.63) is 47.8 Å². The molecule has 3 nitrogen and oxygen atoms in total. The zero-order valence-electron chi connectivity index (χ0n) is 8.62. The topological polar surface area (TPSA) is 48.0 Å². The van der Waals surface area contributed by atoms with Crippen molar-refractivity contribution in [3.63, 3.8) is 0 Å². The van der Waals surface area contributed by atoms with Gasteiger partial charge in [0.05, 0.1) is 0 Å². The number of aromatic hydroxyl groups is 1. The Balaban J connectivity index is 2.02. The molecule has 0 unspecified atom stereocenters. The molecule has 0 saturated carbocycles. The zero-order valence-corrected chi connectivity index (χ0v) is 8.62. The van der Waals surface area contributed by atoms with Gasteiger partial charge in [0.15, 0.2) is 0 Å². The van der Waals surface area contributed by atoms with Crippen LogP contribution in [0.4, 0.5) is 5.69 Å². The second-order valence-corrected chi connectivity index (χ2v) is 3.57. The number of aromatic nitrogens is 1. The number of H-pyrrole nitrogens is 1. The highest BCUT2D eigenvalue weighted by Gasteiger charge is 1.98. The van der Waals surface area contributed by atoms with E-state index in [1.807, 2.05) is 37.5 Å². The first-order valence-corrected chi connectivity index (χ1v) is 4.91. The molecule has 3 heteroatoms. The summed E-state index contributed by atoms with van der Waals surface area (Å²) in [6.07, 6.45) is 3.84. The SMILES string of the molecule is Cc1ccc(NCc2cc[nH]c2)cc1O. The Kier molecular flexibility index (Phi) is 2.63. The number of aromatic amines is 1. The summed E-state index contributed by atoms with van der Waals surface area (Å²) in [6.45, 7) is 2.64. The Morgan fingerprint density at radius 3 is 2.87 bits per heavy atom. The maximum Gasteiger partial charge on any atom is 0.120 e. The second kappa shape index (κ2) is 4.09. The van der Waals surface area contributed by atoms with Crippen LogP contribution >= 0.6 is 0 Å². The molecule has 0 amide bonds. The second-order valence-electron chi connectivity index (χ2n) is 3.57. The molecule has 0 aliphatic carbocycles. The van der Waals surface area contributed by atoms with E-state index < -0.39 is 0 Å². The molecule has 0 bridgehead atoms. The summed E-state index contributed by atoms with van der Waals surface area (Å²) in [7, 11) is 0. The van der Waals surface area contributed by atoms with Crippen molar-refractivity contribution in [2.24, 2.45) is 0 Å². The fraction of sp³-hybridized carbons (Fsp3) is 0.167. The van der Waals surface area contributed by atoms with Crippen LogP contribution in [0.5, 0.6) is 5.75 Å². The molecule has 0 radical (unpaired) electrons. The quantitative estimate of drug-likeness (QED) is 0.716. The average Bonchev–Trinajstić information content (AvgIpc) is 2.73. The van der Waals surface area contributed by atoms with Gasteiger partial charge in [-0.25, -0.2) is 0 Å². The number of hydrogen-bond donors (Lipinski definition) is 3. The molecule has 0 aliphatic heterocycles. The van der Waals surface area contributed by atoms with E-state index in [-0.39, 0.29) is 0 Å². The minimum absolute atomic E-state index is 0.328. The van der Waals surface area contributed by atoms with Crippen LogP contribution in [0, 0.1) is 6.92 Å². The first-order chi connectivity index (χ1) is 7.25. The molecule has 1 aromatic heterocycles. The van der Waals surface area contributed by atoms with Crippen molar-refractivity contribution in [2.45, 2.75) is 13.5 Å². The third-order valence-corrected chi connectivity index (χ3v) is 2.37. The maximum absolute atomic E-state index is 9.51. The first kappa shape index (κ1) is 9.65. The van der Waals surface area contributed by atoms with Gasteiger partial charge in [-0.3, -0.25) is 0 Å². The summed E-state index contributed by atoms with van der Waals surface area (Å²) in [4.78, 5) is 3.00. The number of benzene rings is 1. The van der Waals surface area contributed by atoms with E-state index in [9.17, 15) is 5.11 Å². The number of rotatable bonds is 3. The Bertz CT molecular complexity index is 435. The lowest BCUT2D eigenvalue weighted by Gasteiger charge is -2.06. The van der Waals surface area contributed by atoms with Crippen molar-refractivity contribution in [3.8, 4) is 5.75 Å². The molecule has 2 aromatic rings. The lowest BCUT2D eigenvalue weighted by molar-refractivity contribution is 0.471. The third kappa shape index (κ3) is 2.31. The van der Waals surface area contributed by atoms with Crippen molar-refractivity contribution in [1.82, 2.24) is 4.98 Å². The highest BCUT2D eigenvalue weighted by molar-refractivity contribution is 5.51. The van der Waals surface area contributed by atoms with Crippen molar-refractivity contribution >= 4 is 5.69 Å². The smallest absolute Gasteiger partial charge is 0.120 e. The van der Waals surface area contributed by atoms with Gasteiger partial charge in [0.1, 0.15) is 5.75 Å². The van der Waals surface area contributed by atoms with Gasteiger partial charge in [-0.05, 0) is 30.2 Å². The van der Waals surface area contributed by atoms with Crippen molar-refractivity contribution < 1.29 is 5.11 Å². The van der Waals surface area contributed by atoms with Gasteiger partial charge in [-0.15, -0.1) is 0 Å². The lowest BCUT2D eigenvalue weighted by atomic mass is 10.2. The summed E-state index contributed by atoms with van der Waals surface area (Å²) in [5.74, 6) is 0.328. The average molecular weight is 202 g/mol. The van der Waals surface area contributed by atoms with E-state index in [1.54, 1.807) is 6.07 Å². The molecule has 0 aliphatic rings. The minimum atomic E-state index is 0.328. The van der Waals surface area contributed by atoms with Gasteiger partial charge in [0.2, 0.25) is 0 Å². The number of phenolic OH excluding ortho intramolecular Hbond substituents is 1. The Morgan fingerprint density at radius 2 is 2.20 bits per heavy atom. The van der Waals surface area contributed by atoms with E-state index in [4.69, 9.17) is 0 Å². The molecule has 0 atom stereocenters. The summed E-state index contributed by atoms with van der Waals surface area (Å²) in [5.41, 5.74) is 3.01. The monoisotopic (exact) mass is 202 g/mol. The fourth-order valence-electron chi connectivity index (χ4n) is 1.39. The van der Waals surface area contributed by atoms with E-state index in [1.165, 1.54) is 5.56 Å². The Morgan fingerprint density at radius 1 is 1.33 bits per heavy atom. The van der Waals surface area contributed by atoms with E-state index in [0.717, 1.165) is 17.8 Å². The molecular formula is C12H14N2O. The number of nitrogens with one attached hydrogen (secondary N) is 2. The van der Waals surface area contributed by atoms with Gasteiger partial charge in [0, 0.05) is 30.7 Å². The first-order valence-electron chi connectivity index (χ1n) is 4.91.